The van der Waals surface area contributed by atoms with E-state index in [9.17, 15) is 4.79 Å². The smallest absolute Gasteiger partial charge is 0.330 e. The maximum atomic E-state index is 11.2. The number of hydrogen-bond donors (Lipinski definition) is 1. The topological polar surface area (TPSA) is 46.5 Å². The highest BCUT2D eigenvalue weighted by Crippen LogP contribution is 2.01. The van der Waals surface area contributed by atoms with E-state index in [2.05, 4.69) is 0 Å². The van der Waals surface area contributed by atoms with Gasteiger partial charge in [-0.3, -0.25) is 0 Å². The molecule has 1 N–H and O–H groups in total. The van der Waals surface area contributed by atoms with Gasteiger partial charge in [-0.05, 0) is 18.9 Å². The fraction of sp³-hybridized carbons (Fsp3) is 0.308. The average Bonchev–Trinajstić information content (AvgIpc) is 2.27. The van der Waals surface area contributed by atoms with Gasteiger partial charge in [-0.1, -0.05) is 36.4 Å². The molecule has 0 aliphatic carbocycles. The second-order valence-corrected chi connectivity index (χ2v) is 3.58. The standard InChI is InChI=1S/C13H16O3/c1-11(14)6-5-9-13(15)16-10-12-7-3-2-4-8-12/h2-5,7-9,11,14H,6,10H2,1H3/b9-5+/t11-/m1/s1. The van der Waals surface area contributed by atoms with E-state index in [1.807, 2.05) is 30.3 Å². The van der Waals surface area contributed by atoms with Crippen LogP contribution in [0.2, 0.25) is 0 Å². The Hall–Kier alpha value is -1.61. The molecule has 0 aliphatic rings. The minimum absolute atomic E-state index is 0.276. The quantitative estimate of drug-likeness (QED) is 0.610. The molecular formula is C13H16O3. The highest BCUT2D eigenvalue weighted by atomic mass is 16.5. The van der Waals surface area contributed by atoms with Crippen molar-refractivity contribution in [2.45, 2.75) is 26.1 Å². The van der Waals surface area contributed by atoms with Crippen molar-refractivity contribution in [1.29, 1.82) is 0 Å². The van der Waals surface area contributed by atoms with Crippen molar-refractivity contribution in [2.75, 3.05) is 0 Å². The van der Waals surface area contributed by atoms with Gasteiger partial charge in [0.05, 0.1) is 6.10 Å². The zero-order chi connectivity index (χ0) is 11.8. The van der Waals surface area contributed by atoms with E-state index in [1.165, 1.54) is 6.08 Å². The Morgan fingerprint density at radius 3 is 2.75 bits per heavy atom. The van der Waals surface area contributed by atoms with Crippen LogP contribution in [0.5, 0.6) is 0 Å². The first kappa shape index (κ1) is 12.5. The van der Waals surface area contributed by atoms with Crippen molar-refractivity contribution < 1.29 is 14.6 Å². The Labute approximate surface area is 95.4 Å². The van der Waals surface area contributed by atoms with Crippen molar-refractivity contribution in [3.8, 4) is 0 Å². The summed E-state index contributed by atoms with van der Waals surface area (Å²) >= 11 is 0. The third-order valence-electron chi connectivity index (χ3n) is 1.96. The molecule has 0 aliphatic heterocycles. The van der Waals surface area contributed by atoms with Crippen molar-refractivity contribution in [2.24, 2.45) is 0 Å². The van der Waals surface area contributed by atoms with Gasteiger partial charge >= 0.3 is 5.97 Å². The molecule has 0 bridgehead atoms. The van der Waals surface area contributed by atoms with E-state index in [0.29, 0.717) is 6.42 Å². The van der Waals surface area contributed by atoms with Crippen LogP contribution in [0.3, 0.4) is 0 Å². The largest absolute Gasteiger partial charge is 0.458 e. The number of aliphatic hydroxyl groups is 1. The predicted octanol–water partition coefficient (Wildman–Crippen LogP) is 2.06. The number of esters is 1. The van der Waals surface area contributed by atoms with Gasteiger partial charge in [-0.2, -0.15) is 0 Å². The number of benzene rings is 1. The van der Waals surface area contributed by atoms with Crippen molar-refractivity contribution in [3.63, 3.8) is 0 Å². The molecule has 86 valence electrons. The van der Waals surface area contributed by atoms with Crippen LogP contribution in [0.15, 0.2) is 42.5 Å². The summed E-state index contributed by atoms with van der Waals surface area (Å²) in [6.07, 6.45) is 2.98. The molecule has 0 heterocycles. The Morgan fingerprint density at radius 2 is 2.12 bits per heavy atom. The summed E-state index contributed by atoms with van der Waals surface area (Å²) in [5, 5.41) is 8.97. The Kier molecular flexibility index (Phi) is 5.29. The molecule has 0 aromatic heterocycles. The van der Waals surface area contributed by atoms with Crippen LogP contribution < -0.4 is 0 Å². The van der Waals surface area contributed by atoms with E-state index in [1.54, 1.807) is 13.0 Å². The fourth-order valence-corrected chi connectivity index (χ4v) is 1.14. The van der Waals surface area contributed by atoms with E-state index in [0.717, 1.165) is 5.56 Å². The van der Waals surface area contributed by atoms with Gasteiger partial charge in [0.1, 0.15) is 6.61 Å². The zero-order valence-corrected chi connectivity index (χ0v) is 9.30. The van der Waals surface area contributed by atoms with Crippen molar-refractivity contribution >= 4 is 5.97 Å². The van der Waals surface area contributed by atoms with Gasteiger partial charge in [-0.25, -0.2) is 4.79 Å². The third-order valence-corrected chi connectivity index (χ3v) is 1.96. The summed E-state index contributed by atoms with van der Waals surface area (Å²) < 4.78 is 5.00. The second-order valence-electron chi connectivity index (χ2n) is 3.58. The van der Waals surface area contributed by atoms with Crippen LogP contribution in [0.25, 0.3) is 0 Å². The normalized spacial score (nSPS) is 12.6. The summed E-state index contributed by atoms with van der Waals surface area (Å²) in [6.45, 7) is 1.94. The van der Waals surface area contributed by atoms with Gasteiger partial charge in [0.15, 0.2) is 0 Å². The number of hydrogen-bond acceptors (Lipinski definition) is 3. The average molecular weight is 220 g/mol. The fourth-order valence-electron chi connectivity index (χ4n) is 1.14. The number of rotatable bonds is 5. The van der Waals surface area contributed by atoms with Crippen LogP contribution >= 0.6 is 0 Å². The molecule has 0 radical (unpaired) electrons. The van der Waals surface area contributed by atoms with E-state index >= 15 is 0 Å². The molecule has 0 unspecified atom stereocenters. The van der Waals surface area contributed by atoms with Crippen molar-refractivity contribution in [3.05, 3.63) is 48.0 Å². The highest BCUT2D eigenvalue weighted by molar-refractivity contribution is 5.81. The van der Waals surface area contributed by atoms with Gasteiger partial charge in [0.25, 0.3) is 0 Å². The molecule has 0 amide bonds. The monoisotopic (exact) mass is 220 g/mol. The number of ether oxygens (including phenoxy) is 1. The lowest BCUT2D eigenvalue weighted by Gasteiger charge is -2.01. The number of carbonyl (C=O) groups is 1. The number of carbonyl (C=O) groups excluding carboxylic acids is 1. The van der Waals surface area contributed by atoms with Gasteiger partial charge < -0.3 is 9.84 Å². The van der Waals surface area contributed by atoms with Crippen LogP contribution in [0.1, 0.15) is 18.9 Å². The lowest BCUT2D eigenvalue weighted by atomic mass is 10.2. The Morgan fingerprint density at radius 1 is 1.44 bits per heavy atom. The molecule has 0 saturated heterocycles. The third kappa shape index (κ3) is 5.32. The SMILES string of the molecule is C[C@@H](O)C/C=C/C(=O)OCc1ccccc1. The molecule has 1 rings (SSSR count). The lowest BCUT2D eigenvalue weighted by Crippen LogP contribution is -2.02. The van der Waals surface area contributed by atoms with Gasteiger partial charge in [0, 0.05) is 6.08 Å². The highest BCUT2D eigenvalue weighted by Gasteiger charge is 1.98. The molecular weight excluding hydrogens is 204 g/mol. The van der Waals surface area contributed by atoms with E-state index in [-0.39, 0.29) is 12.6 Å². The first-order valence-corrected chi connectivity index (χ1v) is 5.24. The molecule has 1 atom stereocenters. The maximum absolute atomic E-state index is 11.2. The summed E-state index contributed by atoms with van der Waals surface area (Å²) in [4.78, 5) is 11.2. The molecule has 0 fully saturated rings. The zero-order valence-electron chi connectivity index (χ0n) is 9.30. The Bertz CT molecular complexity index is 341. The van der Waals surface area contributed by atoms with Crippen LogP contribution in [0, 0.1) is 0 Å². The summed E-state index contributed by atoms with van der Waals surface area (Å²) in [5.74, 6) is -0.385. The van der Waals surface area contributed by atoms with Crippen LogP contribution in [-0.2, 0) is 16.1 Å². The molecule has 3 heteroatoms. The minimum Gasteiger partial charge on any atom is -0.458 e. The molecule has 0 saturated carbocycles. The van der Waals surface area contributed by atoms with Gasteiger partial charge in [-0.15, -0.1) is 0 Å². The minimum atomic E-state index is -0.432. The predicted molar refractivity (Wildman–Crippen MR) is 61.7 cm³/mol. The molecule has 0 spiro atoms. The lowest BCUT2D eigenvalue weighted by molar-refractivity contribution is -0.139. The summed E-state index contributed by atoms with van der Waals surface area (Å²) in [6, 6.07) is 9.49. The van der Waals surface area contributed by atoms with E-state index < -0.39 is 6.10 Å². The molecule has 16 heavy (non-hydrogen) atoms. The van der Waals surface area contributed by atoms with Crippen molar-refractivity contribution in [1.82, 2.24) is 0 Å². The number of aliphatic hydroxyl groups excluding tert-OH is 1. The maximum Gasteiger partial charge on any atom is 0.330 e. The Balaban J connectivity index is 2.28. The molecule has 1 aromatic carbocycles. The first-order valence-electron chi connectivity index (χ1n) is 5.24. The van der Waals surface area contributed by atoms with E-state index in [4.69, 9.17) is 9.84 Å². The molecule has 1 aromatic rings. The summed E-state index contributed by atoms with van der Waals surface area (Å²) in [7, 11) is 0. The first-order chi connectivity index (χ1) is 7.68. The van der Waals surface area contributed by atoms with Gasteiger partial charge in [0.2, 0.25) is 0 Å². The second kappa shape index (κ2) is 6.80. The van der Waals surface area contributed by atoms with Crippen LogP contribution in [-0.4, -0.2) is 17.2 Å². The molecule has 3 nitrogen and oxygen atoms in total. The van der Waals surface area contributed by atoms with Crippen LogP contribution in [0.4, 0.5) is 0 Å². The summed E-state index contributed by atoms with van der Waals surface area (Å²) in [5.41, 5.74) is 0.958.